The molecule has 1 fully saturated rings. The molecule has 2 N–H and O–H groups in total. The fourth-order valence-corrected chi connectivity index (χ4v) is 2.31. The molecule has 0 saturated carbocycles. The summed E-state index contributed by atoms with van der Waals surface area (Å²) in [5.41, 5.74) is 0. The van der Waals surface area contributed by atoms with E-state index in [2.05, 4.69) is 22.7 Å². The van der Waals surface area contributed by atoms with E-state index in [1.165, 1.54) is 6.42 Å². The maximum absolute atomic E-state index is 11.7. The third kappa shape index (κ3) is 4.14. The molecule has 1 amide bonds. The van der Waals surface area contributed by atoms with Gasteiger partial charge >= 0.3 is 0 Å². The summed E-state index contributed by atoms with van der Waals surface area (Å²) in [5.74, 6) is 0.548. The van der Waals surface area contributed by atoms with Gasteiger partial charge in [-0.15, -0.1) is 0 Å². The molecule has 1 aromatic rings. The number of carbonyl (C=O) groups is 1. The molecule has 2 heterocycles. The first-order valence-corrected chi connectivity index (χ1v) is 6.71. The van der Waals surface area contributed by atoms with Gasteiger partial charge in [-0.05, 0) is 31.4 Å². The molecule has 5 heteroatoms. The molecule has 1 saturated heterocycles. The largest absolute Gasteiger partial charge is 0.356 e. The smallest absolute Gasteiger partial charge is 0.221 e. The SMILES string of the molecule is CC(CNC(=O)CC1CCCN1)Cn1cccn1. The Hall–Kier alpha value is -1.36. The van der Waals surface area contributed by atoms with Crippen molar-refractivity contribution >= 4 is 5.91 Å². The Morgan fingerprint density at radius 3 is 3.22 bits per heavy atom. The van der Waals surface area contributed by atoms with Crippen molar-refractivity contribution in [2.75, 3.05) is 13.1 Å². The van der Waals surface area contributed by atoms with Crippen molar-refractivity contribution in [3.05, 3.63) is 18.5 Å². The summed E-state index contributed by atoms with van der Waals surface area (Å²) in [4.78, 5) is 11.7. The maximum Gasteiger partial charge on any atom is 0.221 e. The van der Waals surface area contributed by atoms with E-state index in [9.17, 15) is 4.79 Å². The van der Waals surface area contributed by atoms with Crippen LogP contribution >= 0.6 is 0 Å². The zero-order chi connectivity index (χ0) is 12.8. The Balaban J connectivity index is 1.62. The van der Waals surface area contributed by atoms with Crippen molar-refractivity contribution < 1.29 is 4.79 Å². The van der Waals surface area contributed by atoms with Crippen molar-refractivity contribution in [1.29, 1.82) is 0 Å². The fraction of sp³-hybridized carbons (Fsp3) is 0.692. The number of nitrogens with zero attached hydrogens (tertiary/aromatic N) is 2. The van der Waals surface area contributed by atoms with Gasteiger partial charge in [0.15, 0.2) is 0 Å². The van der Waals surface area contributed by atoms with Gasteiger partial charge in [0.2, 0.25) is 5.91 Å². The van der Waals surface area contributed by atoms with E-state index < -0.39 is 0 Å². The van der Waals surface area contributed by atoms with Gasteiger partial charge < -0.3 is 10.6 Å². The highest BCUT2D eigenvalue weighted by atomic mass is 16.1. The summed E-state index contributed by atoms with van der Waals surface area (Å²) in [5, 5.41) is 10.5. The zero-order valence-corrected chi connectivity index (χ0v) is 10.9. The Labute approximate surface area is 108 Å². The van der Waals surface area contributed by atoms with Gasteiger partial charge in [-0.2, -0.15) is 5.10 Å². The summed E-state index contributed by atoms with van der Waals surface area (Å²) in [7, 11) is 0. The van der Waals surface area contributed by atoms with Crippen molar-refractivity contribution in [3.8, 4) is 0 Å². The summed E-state index contributed by atoms with van der Waals surface area (Å²) in [6, 6.07) is 2.29. The number of hydrogen-bond donors (Lipinski definition) is 2. The first kappa shape index (κ1) is 13.1. The molecule has 100 valence electrons. The van der Waals surface area contributed by atoms with Gasteiger partial charge in [-0.25, -0.2) is 0 Å². The maximum atomic E-state index is 11.7. The zero-order valence-electron chi connectivity index (χ0n) is 10.9. The lowest BCUT2D eigenvalue weighted by molar-refractivity contribution is -0.121. The first-order chi connectivity index (χ1) is 8.74. The predicted octanol–water partition coefficient (Wildman–Crippen LogP) is 0.777. The first-order valence-electron chi connectivity index (χ1n) is 6.71. The lowest BCUT2D eigenvalue weighted by Crippen LogP contribution is -2.34. The van der Waals surface area contributed by atoms with E-state index in [0.717, 1.165) is 19.5 Å². The number of aromatic nitrogens is 2. The molecule has 2 rings (SSSR count). The minimum atomic E-state index is 0.154. The number of amides is 1. The lowest BCUT2D eigenvalue weighted by Gasteiger charge is -2.14. The van der Waals surface area contributed by atoms with E-state index in [4.69, 9.17) is 0 Å². The van der Waals surface area contributed by atoms with Crippen molar-refractivity contribution in [2.45, 2.75) is 38.8 Å². The van der Waals surface area contributed by atoms with Crippen molar-refractivity contribution in [2.24, 2.45) is 5.92 Å². The molecular formula is C13H22N4O. The van der Waals surface area contributed by atoms with Gasteiger partial charge in [-0.3, -0.25) is 9.48 Å². The molecular weight excluding hydrogens is 228 g/mol. The van der Waals surface area contributed by atoms with Gasteiger partial charge in [-0.1, -0.05) is 6.92 Å². The Bertz CT molecular complexity index is 357. The second-order valence-electron chi connectivity index (χ2n) is 5.13. The van der Waals surface area contributed by atoms with Gasteiger partial charge in [0.05, 0.1) is 0 Å². The summed E-state index contributed by atoms with van der Waals surface area (Å²) >= 11 is 0. The standard InChI is InChI=1S/C13H22N4O/c1-11(10-17-7-3-6-16-17)9-15-13(18)8-12-4-2-5-14-12/h3,6-7,11-12,14H,2,4-5,8-10H2,1H3,(H,15,18). The summed E-state index contributed by atoms with van der Waals surface area (Å²) in [6.07, 6.45) is 6.64. The monoisotopic (exact) mass is 250 g/mol. The van der Waals surface area contributed by atoms with Crippen LogP contribution in [0.15, 0.2) is 18.5 Å². The normalized spacial score (nSPS) is 20.8. The minimum absolute atomic E-state index is 0.154. The Morgan fingerprint density at radius 1 is 1.67 bits per heavy atom. The second-order valence-corrected chi connectivity index (χ2v) is 5.13. The van der Waals surface area contributed by atoms with Crippen LogP contribution in [0.2, 0.25) is 0 Å². The Kier molecular flexibility index (Phi) is 4.75. The molecule has 0 bridgehead atoms. The van der Waals surface area contributed by atoms with Crippen molar-refractivity contribution in [1.82, 2.24) is 20.4 Å². The van der Waals surface area contributed by atoms with Crippen LogP contribution in [-0.2, 0) is 11.3 Å². The topological polar surface area (TPSA) is 59.0 Å². The van der Waals surface area contributed by atoms with Crippen LogP contribution in [-0.4, -0.2) is 34.8 Å². The van der Waals surface area contributed by atoms with E-state index in [0.29, 0.717) is 24.9 Å². The highest BCUT2D eigenvalue weighted by Gasteiger charge is 2.17. The van der Waals surface area contributed by atoms with Gasteiger partial charge in [0.1, 0.15) is 0 Å². The third-order valence-corrected chi connectivity index (χ3v) is 3.30. The molecule has 5 nitrogen and oxygen atoms in total. The van der Waals surface area contributed by atoms with Crippen LogP contribution < -0.4 is 10.6 Å². The number of hydrogen-bond acceptors (Lipinski definition) is 3. The van der Waals surface area contributed by atoms with Crippen LogP contribution in [0.4, 0.5) is 0 Å². The van der Waals surface area contributed by atoms with Crippen LogP contribution in [0.5, 0.6) is 0 Å². The molecule has 0 radical (unpaired) electrons. The van der Waals surface area contributed by atoms with Gasteiger partial charge in [0, 0.05) is 37.9 Å². The molecule has 2 atom stereocenters. The highest BCUT2D eigenvalue weighted by molar-refractivity contribution is 5.76. The molecule has 2 unspecified atom stereocenters. The number of rotatable bonds is 6. The van der Waals surface area contributed by atoms with Crippen LogP contribution in [0.3, 0.4) is 0 Å². The average Bonchev–Trinajstić information content (AvgIpc) is 2.99. The van der Waals surface area contributed by atoms with Crippen LogP contribution in [0.1, 0.15) is 26.2 Å². The third-order valence-electron chi connectivity index (χ3n) is 3.30. The number of nitrogens with one attached hydrogen (secondary N) is 2. The summed E-state index contributed by atoms with van der Waals surface area (Å²) in [6.45, 7) is 4.73. The molecule has 1 aromatic heterocycles. The fourth-order valence-electron chi connectivity index (χ4n) is 2.31. The lowest BCUT2D eigenvalue weighted by atomic mass is 10.1. The van der Waals surface area contributed by atoms with Crippen molar-refractivity contribution in [3.63, 3.8) is 0 Å². The number of carbonyl (C=O) groups excluding carboxylic acids is 1. The minimum Gasteiger partial charge on any atom is -0.356 e. The van der Waals surface area contributed by atoms with E-state index in [-0.39, 0.29) is 5.91 Å². The molecule has 18 heavy (non-hydrogen) atoms. The van der Waals surface area contributed by atoms with E-state index >= 15 is 0 Å². The molecule has 1 aliphatic heterocycles. The highest BCUT2D eigenvalue weighted by Crippen LogP contribution is 2.08. The molecule has 1 aliphatic rings. The van der Waals surface area contributed by atoms with E-state index in [1.807, 2.05) is 16.9 Å². The summed E-state index contributed by atoms with van der Waals surface area (Å²) < 4.78 is 1.90. The van der Waals surface area contributed by atoms with Gasteiger partial charge in [0.25, 0.3) is 0 Å². The molecule has 0 spiro atoms. The molecule has 0 aromatic carbocycles. The quantitative estimate of drug-likeness (QED) is 0.784. The average molecular weight is 250 g/mol. The second kappa shape index (κ2) is 6.54. The molecule has 0 aliphatic carbocycles. The van der Waals surface area contributed by atoms with Crippen LogP contribution in [0, 0.1) is 5.92 Å². The van der Waals surface area contributed by atoms with E-state index in [1.54, 1.807) is 6.20 Å². The predicted molar refractivity (Wildman–Crippen MR) is 70.0 cm³/mol. The Morgan fingerprint density at radius 2 is 2.56 bits per heavy atom. The van der Waals surface area contributed by atoms with Crippen LogP contribution in [0.25, 0.3) is 0 Å².